The number of anilines is 1. The highest BCUT2D eigenvalue weighted by molar-refractivity contribution is 5.93. The van der Waals surface area contributed by atoms with Gasteiger partial charge in [0.05, 0.1) is 14.3 Å². The maximum absolute atomic E-state index is 13.4. The van der Waals surface area contributed by atoms with Gasteiger partial charge >= 0.3 is 0 Å². The Hall–Kier alpha value is -2.17. The Morgan fingerprint density at radius 2 is 2.04 bits per heavy atom. The first kappa shape index (κ1) is 9.16. The minimum absolute atomic E-state index is 0.0670. The second-order valence-electron chi connectivity index (χ2n) is 6.09. The van der Waals surface area contributed by atoms with Gasteiger partial charge in [-0.1, -0.05) is 55.3 Å². The van der Waals surface area contributed by atoms with Gasteiger partial charge in [0, 0.05) is 44.6 Å². The fraction of sp³-hybridized carbons (Fsp3) is 0.409. The van der Waals surface area contributed by atoms with E-state index in [1.165, 1.54) is 0 Å². The number of likely N-dealkylation sites (tertiary alicyclic amines) is 1. The lowest BCUT2D eigenvalue weighted by Gasteiger charge is -2.39. The summed E-state index contributed by atoms with van der Waals surface area (Å²) < 4.78 is 87.3. The van der Waals surface area contributed by atoms with Crippen molar-refractivity contribution >= 4 is 11.6 Å². The van der Waals surface area contributed by atoms with Gasteiger partial charge in [0.15, 0.2) is 0 Å². The average molecular weight is 364 g/mol. The number of nitrogens with zero attached hydrogens (tertiary/aromatic N) is 2. The number of aliphatic hydroxyl groups is 1. The molecule has 1 N–H and O–H groups in total. The van der Waals surface area contributed by atoms with Crippen molar-refractivity contribution < 1.29 is 25.0 Å². The topological polar surface area (TPSA) is 43.8 Å². The zero-order chi connectivity index (χ0) is 27.9. The molecule has 2 aromatic rings. The fourth-order valence-electron chi connectivity index (χ4n) is 3.14. The highest BCUT2D eigenvalue weighted by atomic mass is 16.3. The van der Waals surface area contributed by atoms with Crippen LogP contribution in [-0.2, 0) is 4.79 Å². The van der Waals surface area contributed by atoms with Crippen LogP contribution in [0.1, 0.15) is 52.8 Å². The standard InChI is InChI=1S/C22H28N2O2/c1-2-22(26)24(19-11-7-4-8-12-19)20-13-15-23(16-14-20)17-21(25)18-9-5-3-6-10-18/h3-12,20-21,25H,2,13-17H2,1H3/i1D3,2D2,4D,7D,8D,11D,12D,21D. The fourth-order valence-corrected chi connectivity index (χ4v) is 3.14. The Kier molecular flexibility index (Phi) is 3.16. The van der Waals surface area contributed by atoms with Crippen molar-refractivity contribution in [1.29, 1.82) is 0 Å². The van der Waals surface area contributed by atoms with Crippen LogP contribution in [0.3, 0.4) is 0 Å². The lowest BCUT2D eigenvalue weighted by molar-refractivity contribution is -0.119. The number of hydrogen-bond donors (Lipinski definition) is 1. The molecule has 2 aromatic carbocycles. The first-order valence-electron chi connectivity index (χ1n) is 13.9. The predicted octanol–water partition coefficient (Wildman–Crippen LogP) is 3.63. The number of rotatable bonds is 6. The molecule has 0 spiro atoms. The van der Waals surface area contributed by atoms with Crippen LogP contribution in [0.15, 0.2) is 60.5 Å². The molecule has 26 heavy (non-hydrogen) atoms. The van der Waals surface area contributed by atoms with Crippen molar-refractivity contribution in [3.8, 4) is 0 Å². The minimum Gasteiger partial charge on any atom is -0.387 e. The van der Waals surface area contributed by atoms with E-state index in [1.807, 2.05) is 0 Å². The number of carbonyl (C=O) groups is 1. The molecule has 1 unspecified atom stereocenters. The van der Waals surface area contributed by atoms with E-state index >= 15 is 0 Å². The number of hydrogen-bond acceptors (Lipinski definition) is 3. The molecule has 4 nitrogen and oxygen atoms in total. The molecule has 1 aliphatic heterocycles. The SMILES string of the molecule is [2H]c1c([2H])c([2H])c(N(C(=O)C([2H])([2H])C([2H])([2H])[2H])C2CCN(CC([2H])(O)c3ccccc3)CC2)c([2H])c1[2H]. The maximum Gasteiger partial charge on any atom is 0.226 e. The Bertz CT molecular complexity index is 1120. The van der Waals surface area contributed by atoms with E-state index < -0.39 is 67.2 Å². The number of carbonyl (C=O) groups excluding carboxylic acids is 1. The number of β-amino-alcohol motifs (C(OH)–C–C–N with tert-alkyl or cyclic N) is 1. The monoisotopic (exact) mass is 363 g/mol. The molecule has 1 amide bonds. The van der Waals surface area contributed by atoms with Crippen LogP contribution < -0.4 is 4.90 Å². The lowest BCUT2D eigenvalue weighted by Crippen LogP contribution is -2.48. The molecule has 0 aromatic heterocycles. The van der Waals surface area contributed by atoms with E-state index in [9.17, 15) is 9.90 Å². The highest BCUT2D eigenvalue weighted by Crippen LogP contribution is 2.25. The quantitative estimate of drug-likeness (QED) is 0.852. The number of para-hydroxylation sites is 1. The third kappa shape index (κ3) is 4.51. The molecule has 1 heterocycles. The van der Waals surface area contributed by atoms with Crippen LogP contribution in [0.2, 0.25) is 0 Å². The normalized spacial score (nSPS) is 25.3. The third-order valence-electron chi connectivity index (χ3n) is 4.46. The van der Waals surface area contributed by atoms with Gasteiger partial charge in [-0.2, -0.15) is 0 Å². The molecule has 1 atom stereocenters. The van der Waals surface area contributed by atoms with Gasteiger partial charge in [-0.15, -0.1) is 0 Å². The molecule has 3 rings (SSSR count). The Morgan fingerprint density at radius 3 is 2.69 bits per heavy atom. The van der Waals surface area contributed by atoms with Crippen LogP contribution in [0, 0.1) is 0 Å². The summed E-state index contributed by atoms with van der Waals surface area (Å²) in [6.07, 6.45) is -5.07. The molecule has 0 saturated carbocycles. The van der Waals surface area contributed by atoms with Crippen molar-refractivity contribution in [2.24, 2.45) is 0 Å². The Balaban J connectivity index is 1.95. The van der Waals surface area contributed by atoms with Crippen LogP contribution >= 0.6 is 0 Å². The maximum atomic E-state index is 13.4. The highest BCUT2D eigenvalue weighted by Gasteiger charge is 2.29. The summed E-state index contributed by atoms with van der Waals surface area (Å²) in [6, 6.07) is 3.85. The molecule has 0 bridgehead atoms. The van der Waals surface area contributed by atoms with Gasteiger partial charge in [-0.3, -0.25) is 4.79 Å². The van der Waals surface area contributed by atoms with Crippen LogP contribution in [-0.4, -0.2) is 41.6 Å². The average Bonchev–Trinajstić information content (AvgIpc) is 2.84. The summed E-state index contributed by atoms with van der Waals surface area (Å²) in [5.41, 5.74) is -0.192. The second kappa shape index (κ2) is 8.97. The molecule has 1 saturated heterocycles. The van der Waals surface area contributed by atoms with Gasteiger partial charge in [-0.25, -0.2) is 0 Å². The summed E-state index contributed by atoms with van der Waals surface area (Å²) in [6.45, 7) is -2.99. The molecule has 138 valence electrons. The van der Waals surface area contributed by atoms with Crippen LogP contribution in [0.25, 0.3) is 0 Å². The van der Waals surface area contributed by atoms with Crippen molar-refractivity contribution in [2.45, 2.75) is 38.2 Å². The first-order valence-corrected chi connectivity index (χ1v) is 8.41. The van der Waals surface area contributed by atoms with Gasteiger partial charge in [-0.05, 0) is 30.5 Å². The van der Waals surface area contributed by atoms with Crippen molar-refractivity contribution in [3.63, 3.8) is 0 Å². The first-order chi connectivity index (χ1) is 17.0. The van der Waals surface area contributed by atoms with Gasteiger partial charge in [0.1, 0.15) is 0 Å². The molecule has 0 aliphatic carbocycles. The number of piperidine rings is 1. The largest absolute Gasteiger partial charge is 0.387 e. The molecule has 1 aliphatic rings. The second-order valence-corrected chi connectivity index (χ2v) is 6.09. The molecule has 0 radical (unpaired) electrons. The molecule has 4 heteroatoms. The summed E-state index contributed by atoms with van der Waals surface area (Å²) in [7, 11) is 0. The smallest absolute Gasteiger partial charge is 0.226 e. The van der Waals surface area contributed by atoms with E-state index in [1.54, 1.807) is 35.2 Å². The number of amides is 1. The van der Waals surface area contributed by atoms with E-state index in [4.69, 9.17) is 15.1 Å². The van der Waals surface area contributed by atoms with Gasteiger partial charge in [0.25, 0.3) is 0 Å². The molecule has 1 fully saturated rings. The summed E-state index contributed by atoms with van der Waals surface area (Å²) in [5, 5.41) is 10.7. The van der Waals surface area contributed by atoms with Gasteiger partial charge in [0.2, 0.25) is 5.91 Å². The van der Waals surface area contributed by atoms with Crippen LogP contribution in [0.5, 0.6) is 0 Å². The van der Waals surface area contributed by atoms with Crippen molar-refractivity contribution in [3.05, 3.63) is 66.1 Å². The predicted molar refractivity (Wildman–Crippen MR) is 105 cm³/mol. The van der Waals surface area contributed by atoms with E-state index in [0.29, 0.717) is 10.5 Å². The van der Waals surface area contributed by atoms with Crippen LogP contribution in [0.4, 0.5) is 5.69 Å². The van der Waals surface area contributed by atoms with E-state index in [-0.39, 0.29) is 32.5 Å². The zero-order valence-electron chi connectivity index (χ0n) is 25.2. The summed E-state index contributed by atoms with van der Waals surface area (Å²) in [4.78, 5) is 15.9. The Labute approximate surface area is 171 Å². The zero-order valence-corrected chi connectivity index (χ0v) is 14.2. The summed E-state index contributed by atoms with van der Waals surface area (Å²) >= 11 is 0. The third-order valence-corrected chi connectivity index (χ3v) is 4.46. The Morgan fingerprint density at radius 1 is 1.35 bits per heavy atom. The van der Waals surface area contributed by atoms with E-state index in [2.05, 4.69) is 0 Å². The number of benzene rings is 2. The van der Waals surface area contributed by atoms with E-state index in [0.717, 1.165) is 0 Å². The molecular formula is C22H28N2O2. The molecular weight excluding hydrogens is 324 g/mol. The van der Waals surface area contributed by atoms with Crippen molar-refractivity contribution in [2.75, 3.05) is 24.5 Å². The van der Waals surface area contributed by atoms with Gasteiger partial charge < -0.3 is 14.9 Å². The lowest BCUT2D eigenvalue weighted by atomic mass is 10.0. The van der Waals surface area contributed by atoms with Crippen molar-refractivity contribution in [1.82, 2.24) is 4.90 Å². The summed E-state index contributed by atoms with van der Waals surface area (Å²) in [5.74, 6) is -1.52. The minimum atomic E-state index is -3.39.